The van der Waals surface area contributed by atoms with Crippen molar-refractivity contribution in [3.63, 3.8) is 0 Å². The number of rotatable bonds is 1. The molecule has 0 aliphatic heterocycles. The van der Waals surface area contributed by atoms with Crippen LogP contribution in [0.4, 0.5) is 26.3 Å². The quantitative estimate of drug-likeness (QED) is 0.425. The molecule has 0 amide bonds. The normalized spacial score (nSPS) is 12.6. The summed E-state index contributed by atoms with van der Waals surface area (Å²) in [6.07, 6.45) is -9.84. The lowest BCUT2D eigenvalue weighted by Crippen LogP contribution is -2.20. The highest BCUT2D eigenvalue weighted by Crippen LogP contribution is 2.40. The molecule has 3 rings (SSSR count). The fraction of sp³-hybridized carbons (Fsp3) is 0.118. The number of fused-ring (bicyclic) bond motifs is 1. The summed E-state index contributed by atoms with van der Waals surface area (Å²) in [4.78, 5) is 11.8. The zero-order valence-corrected chi connectivity index (χ0v) is 12.2. The molecule has 25 heavy (non-hydrogen) atoms. The second kappa shape index (κ2) is 5.65. The van der Waals surface area contributed by atoms with E-state index in [0.29, 0.717) is 12.1 Å². The van der Waals surface area contributed by atoms with Crippen molar-refractivity contribution in [1.29, 1.82) is 0 Å². The van der Waals surface area contributed by atoms with E-state index in [1.54, 1.807) is 0 Å². The van der Waals surface area contributed by atoms with Crippen LogP contribution in [-0.2, 0) is 12.4 Å². The minimum atomic E-state index is -5.09. The lowest BCUT2D eigenvalue weighted by Gasteiger charge is -2.15. The largest absolute Gasteiger partial charge is 0.424 e. The number of benzene rings is 2. The third-order valence-corrected chi connectivity index (χ3v) is 3.58. The van der Waals surface area contributed by atoms with Crippen LogP contribution in [0.25, 0.3) is 22.1 Å². The SMILES string of the molecule is O=c1oc2ccc(C(F)(F)F)cc2c(-c2ccccc2)c1C(F)(F)F. The van der Waals surface area contributed by atoms with E-state index in [0.717, 1.165) is 6.07 Å². The van der Waals surface area contributed by atoms with Crippen LogP contribution in [0.15, 0.2) is 57.7 Å². The van der Waals surface area contributed by atoms with Crippen LogP contribution in [0.3, 0.4) is 0 Å². The summed E-state index contributed by atoms with van der Waals surface area (Å²) >= 11 is 0. The van der Waals surface area contributed by atoms with Crippen molar-refractivity contribution >= 4 is 11.0 Å². The van der Waals surface area contributed by atoms with Gasteiger partial charge in [-0.2, -0.15) is 26.3 Å². The lowest BCUT2D eigenvalue weighted by atomic mass is 9.95. The first kappa shape index (κ1) is 17.1. The van der Waals surface area contributed by atoms with E-state index in [1.165, 1.54) is 30.3 Å². The highest BCUT2D eigenvalue weighted by molar-refractivity contribution is 5.95. The summed E-state index contributed by atoms with van der Waals surface area (Å²) in [5, 5.41) is -0.437. The molecule has 0 spiro atoms. The first-order valence-electron chi connectivity index (χ1n) is 6.89. The maximum atomic E-state index is 13.4. The molecule has 8 heteroatoms. The third-order valence-electron chi connectivity index (χ3n) is 3.58. The minimum absolute atomic E-state index is 0.0351. The summed E-state index contributed by atoms with van der Waals surface area (Å²) in [6, 6.07) is 8.97. The summed E-state index contributed by atoms with van der Waals surface area (Å²) in [5.41, 5.74) is -5.45. The molecule has 1 heterocycles. The zero-order valence-electron chi connectivity index (χ0n) is 12.2. The fourth-order valence-electron chi connectivity index (χ4n) is 2.54. The Labute approximate surface area is 136 Å². The van der Waals surface area contributed by atoms with Crippen molar-refractivity contribution in [3.05, 3.63) is 70.1 Å². The monoisotopic (exact) mass is 358 g/mol. The minimum Gasteiger partial charge on any atom is -0.422 e. The Morgan fingerprint density at radius 2 is 1.44 bits per heavy atom. The molecule has 0 N–H and O–H groups in total. The van der Waals surface area contributed by atoms with Gasteiger partial charge in [0.2, 0.25) is 0 Å². The van der Waals surface area contributed by atoms with Gasteiger partial charge in [0.1, 0.15) is 11.1 Å². The second-order valence-electron chi connectivity index (χ2n) is 5.21. The van der Waals surface area contributed by atoms with Gasteiger partial charge in [0.15, 0.2) is 0 Å². The third kappa shape index (κ3) is 3.11. The van der Waals surface area contributed by atoms with Gasteiger partial charge in [-0.05, 0) is 23.8 Å². The first-order chi connectivity index (χ1) is 11.6. The molecule has 3 aromatic rings. The van der Waals surface area contributed by atoms with Crippen LogP contribution in [0.5, 0.6) is 0 Å². The van der Waals surface area contributed by atoms with E-state index in [-0.39, 0.29) is 11.1 Å². The lowest BCUT2D eigenvalue weighted by molar-refractivity contribution is -0.139. The van der Waals surface area contributed by atoms with Gasteiger partial charge in [0, 0.05) is 10.9 Å². The Hall–Kier alpha value is -2.77. The molecule has 0 bridgehead atoms. The van der Waals surface area contributed by atoms with Crippen molar-refractivity contribution in [2.24, 2.45) is 0 Å². The average molecular weight is 358 g/mol. The molecular weight excluding hydrogens is 350 g/mol. The smallest absolute Gasteiger partial charge is 0.422 e. The van der Waals surface area contributed by atoms with Crippen LogP contribution >= 0.6 is 0 Å². The van der Waals surface area contributed by atoms with Crippen molar-refractivity contribution in [1.82, 2.24) is 0 Å². The zero-order chi connectivity index (χ0) is 18.4. The van der Waals surface area contributed by atoms with Crippen LogP contribution in [-0.4, -0.2) is 0 Å². The number of alkyl halides is 6. The van der Waals surface area contributed by atoms with Gasteiger partial charge in [0.25, 0.3) is 0 Å². The summed E-state index contributed by atoms with van der Waals surface area (Å²) in [6.45, 7) is 0. The van der Waals surface area contributed by atoms with E-state index in [9.17, 15) is 31.1 Å². The summed E-state index contributed by atoms with van der Waals surface area (Å²) in [7, 11) is 0. The molecule has 2 nitrogen and oxygen atoms in total. The van der Waals surface area contributed by atoms with Crippen LogP contribution in [0, 0.1) is 0 Å². The number of halogens is 6. The van der Waals surface area contributed by atoms with Crippen LogP contribution < -0.4 is 5.63 Å². The van der Waals surface area contributed by atoms with E-state index >= 15 is 0 Å². The maximum Gasteiger partial charge on any atom is 0.424 e. The van der Waals surface area contributed by atoms with Crippen molar-refractivity contribution in [2.45, 2.75) is 12.4 Å². The molecule has 0 saturated carbocycles. The Kier molecular flexibility index (Phi) is 3.85. The van der Waals surface area contributed by atoms with Gasteiger partial charge in [-0.15, -0.1) is 0 Å². The van der Waals surface area contributed by atoms with Crippen molar-refractivity contribution < 1.29 is 30.8 Å². The fourth-order valence-corrected chi connectivity index (χ4v) is 2.54. The molecule has 0 radical (unpaired) electrons. The Balaban J connectivity index is 2.50. The van der Waals surface area contributed by atoms with Crippen LogP contribution in [0.2, 0.25) is 0 Å². The molecule has 0 atom stereocenters. The summed E-state index contributed by atoms with van der Waals surface area (Å²) in [5.74, 6) is 0. The van der Waals surface area contributed by atoms with Gasteiger partial charge in [-0.3, -0.25) is 0 Å². The predicted octanol–water partition coefficient (Wildman–Crippen LogP) is 5.50. The van der Waals surface area contributed by atoms with E-state index < -0.39 is 40.1 Å². The van der Waals surface area contributed by atoms with Gasteiger partial charge >= 0.3 is 18.0 Å². The predicted molar refractivity (Wildman–Crippen MR) is 77.9 cm³/mol. The molecular formula is C17H8F6O2. The van der Waals surface area contributed by atoms with Gasteiger partial charge in [-0.25, -0.2) is 4.79 Å². The Bertz CT molecular complexity index is 984. The van der Waals surface area contributed by atoms with Crippen molar-refractivity contribution in [3.8, 4) is 11.1 Å². The molecule has 2 aromatic carbocycles. The van der Waals surface area contributed by atoms with Crippen LogP contribution in [0.1, 0.15) is 11.1 Å². The molecule has 130 valence electrons. The second-order valence-corrected chi connectivity index (χ2v) is 5.21. The highest BCUT2D eigenvalue weighted by atomic mass is 19.4. The molecule has 0 fully saturated rings. The first-order valence-corrected chi connectivity index (χ1v) is 6.89. The van der Waals surface area contributed by atoms with E-state index in [4.69, 9.17) is 0 Å². The average Bonchev–Trinajstić information content (AvgIpc) is 2.52. The topological polar surface area (TPSA) is 30.2 Å². The van der Waals surface area contributed by atoms with Gasteiger partial charge in [-0.1, -0.05) is 30.3 Å². The Morgan fingerprint density at radius 1 is 0.800 bits per heavy atom. The molecule has 1 aromatic heterocycles. The maximum absolute atomic E-state index is 13.4. The molecule has 0 unspecified atom stereocenters. The Morgan fingerprint density at radius 3 is 2.00 bits per heavy atom. The molecule has 0 saturated heterocycles. The highest BCUT2D eigenvalue weighted by Gasteiger charge is 2.40. The molecule has 0 aliphatic rings. The summed E-state index contributed by atoms with van der Waals surface area (Å²) < 4.78 is 83.6. The molecule has 0 aliphatic carbocycles. The van der Waals surface area contributed by atoms with E-state index in [1.807, 2.05) is 0 Å². The standard InChI is InChI=1S/C17H8F6O2/c18-16(19,20)10-6-7-12-11(8-10)13(9-4-2-1-3-5-9)14(15(24)25-12)17(21,22)23/h1-8H. The van der Waals surface area contributed by atoms with E-state index in [2.05, 4.69) is 4.42 Å². The number of hydrogen-bond acceptors (Lipinski definition) is 2. The van der Waals surface area contributed by atoms with Gasteiger partial charge in [0.05, 0.1) is 5.56 Å². The van der Waals surface area contributed by atoms with Crippen molar-refractivity contribution in [2.75, 3.05) is 0 Å². The van der Waals surface area contributed by atoms with Gasteiger partial charge < -0.3 is 4.42 Å². The number of hydrogen-bond donors (Lipinski definition) is 0.